The van der Waals surface area contributed by atoms with Crippen molar-refractivity contribution in [1.82, 2.24) is 14.7 Å². The number of piperazine rings is 1. The number of nitriles is 1. The quantitative estimate of drug-likeness (QED) is 0.535. The van der Waals surface area contributed by atoms with Gasteiger partial charge in [0.25, 0.3) is 0 Å². The van der Waals surface area contributed by atoms with Crippen LogP contribution in [0.4, 0.5) is 23.7 Å². The Morgan fingerprint density at radius 1 is 0.976 bits per heavy atom. The van der Waals surface area contributed by atoms with Crippen LogP contribution in [-0.4, -0.2) is 71.2 Å². The zero-order valence-electron chi connectivity index (χ0n) is 22.2. The van der Waals surface area contributed by atoms with Crippen LogP contribution in [0.5, 0.6) is 0 Å². The Morgan fingerprint density at radius 2 is 1.68 bits per heavy atom. The van der Waals surface area contributed by atoms with Crippen molar-refractivity contribution in [2.75, 3.05) is 37.6 Å². The zero-order chi connectivity index (χ0) is 28.9. The third-order valence-electron chi connectivity index (χ3n) is 8.32. The van der Waals surface area contributed by atoms with Crippen LogP contribution < -0.4 is 4.90 Å². The van der Waals surface area contributed by atoms with Crippen molar-refractivity contribution in [2.24, 2.45) is 0 Å². The van der Waals surface area contributed by atoms with E-state index >= 15 is 0 Å². The number of urea groups is 1. The van der Waals surface area contributed by atoms with E-state index in [0.29, 0.717) is 36.0 Å². The first-order valence-electron chi connectivity index (χ1n) is 13.7. The fraction of sp³-hybridized carbons (Fsp3) is 0.400. The fourth-order valence-corrected chi connectivity index (χ4v) is 6.07. The second-order valence-electron chi connectivity index (χ2n) is 10.9. The largest absolute Gasteiger partial charge is 0.416 e. The molecule has 0 spiro atoms. The molecule has 0 N–H and O–H groups in total. The molecular formula is C30H28F3N5O3. The number of halogens is 3. The summed E-state index contributed by atoms with van der Waals surface area (Å²) in [6, 6.07) is 12.0. The Balaban J connectivity index is 1.39. The number of carbonyl (C=O) groups excluding carboxylic acids is 3. The molecule has 1 saturated carbocycles. The molecule has 3 amide bonds. The molecule has 2 aromatic rings. The highest BCUT2D eigenvalue weighted by molar-refractivity contribution is 6.08. The molecule has 8 nitrogen and oxygen atoms in total. The van der Waals surface area contributed by atoms with Gasteiger partial charge in [0, 0.05) is 49.9 Å². The summed E-state index contributed by atoms with van der Waals surface area (Å²) in [5, 5.41) is 9.27. The minimum atomic E-state index is -4.62. The van der Waals surface area contributed by atoms with E-state index in [0.717, 1.165) is 30.1 Å². The maximum Gasteiger partial charge on any atom is 0.416 e. The summed E-state index contributed by atoms with van der Waals surface area (Å²) in [5.74, 6) is -0.514. The van der Waals surface area contributed by atoms with Gasteiger partial charge in [-0.2, -0.15) is 18.4 Å². The molecule has 2 fully saturated rings. The van der Waals surface area contributed by atoms with Crippen molar-refractivity contribution in [3.63, 3.8) is 0 Å². The highest BCUT2D eigenvalue weighted by atomic mass is 19.4. The summed E-state index contributed by atoms with van der Waals surface area (Å²) in [7, 11) is 0. The van der Waals surface area contributed by atoms with Gasteiger partial charge in [0.05, 0.1) is 28.9 Å². The van der Waals surface area contributed by atoms with E-state index in [1.807, 2.05) is 6.07 Å². The number of ketones is 1. The highest BCUT2D eigenvalue weighted by Crippen LogP contribution is 2.45. The SMILES string of the molecule is N#Cc1ccc(C2C3=C(CCC3=O)N(c3cccc(C(F)(F)F)c3)C(=O)N2CC(=O)N2CCN(C3CC3)CC2)cc1. The van der Waals surface area contributed by atoms with Crippen LogP contribution in [0.15, 0.2) is 59.8 Å². The molecule has 4 aliphatic rings. The average Bonchev–Trinajstić information content (AvgIpc) is 3.76. The Kier molecular flexibility index (Phi) is 6.82. The van der Waals surface area contributed by atoms with Crippen molar-refractivity contribution in [1.29, 1.82) is 5.26 Å². The van der Waals surface area contributed by atoms with Gasteiger partial charge in [-0.25, -0.2) is 4.79 Å². The van der Waals surface area contributed by atoms with Crippen LogP contribution in [0.25, 0.3) is 0 Å². The molecule has 1 saturated heterocycles. The number of hydrogen-bond donors (Lipinski definition) is 0. The van der Waals surface area contributed by atoms with Crippen molar-refractivity contribution < 1.29 is 27.6 Å². The lowest BCUT2D eigenvalue weighted by molar-refractivity contribution is -0.137. The lowest BCUT2D eigenvalue weighted by atomic mass is 9.92. The van der Waals surface area contributed by atoms with Gasteiger partial charge in [0.1, 0.15) is 6.54 Å². The number of hydrogen-bond acceptors (Lipinski definition) is 5. The van der Waals surface area contributed by atoms with Gasteiger partial charge in [0.2, 0.25) is 5.91 Å². The van der Waals surface area contributed by atoms with Crippen molar-refractivity contribution in [2.45, 2.75) is 43.9 Å². The first kappa shape index (κ1) is 27.0. The Hall–Kier alpha value is -4.17. The smallest absolute Gasteiger partial charge is 0.339 e. The maximum atomic E-state index is 14.2. The number of anilines is 1. The maximum absolute atomic E-state index is 14.2. The molecule has 1 unspecified atom stereocenters. The Morgan fingerprint density at radius 3 is 2.32 bits per heavy atom. The van der Waals surface area contributed by atoms with E-state index in [-0.39, 0.29) is 42.3 Å². The minimum absolute atomic E-state index is 0.0131. The summed E-state index contributed by atoms with van der Waals surface area (Å²) in [6.07, 6.45) is -2.00. The predicted molar refractivity (Wildman–Crippen MR) is 142 cm³/mol. The van der Waals surface area contributed by atoms with Crippen molar-refractivity contribution in [3.8, 4) is 6.07 Å². The number of carbonyl (C=O) groups is 3. The van der Waals surface area contributed by atoms with E-state index in [1.54, 1.807) is 29.2 Å². The minimum Gasteiger partial charge on any atom is -0.339 e. The second kappa shape index (κ2) is 10.3. The molecule has 0 aromatic heterocycles. The Labute approximate surface area is 235 Å². The second-order valence-corrected chi connectivity index (χ2v) is 10.9. The first-order chi connectivity index (χ1) is 19.7. The molecule has 2 aromatic carbocycles. The van der Waals surface area contributed by atoms with Gasteiger partial charge in [0.15, 0.2) is 5.78 Å². The standard InChI is InChI=1S/C30H28F3N5O3/c31-30(32,33)21-2-1-3-23(16-21)38-24-10-11-25(39)27(24)28(20-6-4-19(17-34)5-7-20)37(29(38)41)18-26(40)36-14-12-35(13-15-36)22-8-9-22/h1-7,16,22,28H,8-15,18H2. The lowest BCUT2D eigenvalue weighted by Crippen LogP contribution is -2.56. The third-order valence-corrected chi connectivity index (χ3v) is 8.32. The predicted octanol–water partition coefficient (Wildman–Crippen LogP) is 4.48. The van der Waals surface area contributed by atoms with Crippen LogP contribution in [0, 0.1) is 11.3 Å². The topological polar surface area (TPSA) is 88.0 Å². The molecule has 41 heavy (non-hydrogen) atoms. The summed E-state index contributed by atoms with van der Waals surface area (Å²) in [5.41, 5.74) is 0.647. The van der Waals surface area contributed by atoms with Gasteiger partial charge in [-0.3, -0.25) is 19.4 Å². The van der Waals surface area contributed by atoms with Crippen LogP contribution in [0.1, 0.15) is 48.4 Å². The summed E-state index contributed by atoms with van der Waals surface area (Å²) in [4.78, 5) is 47.6. The number of benzene rings is 2. The van der Waals surface area contributed by atoms with E-state index in [2.05, 4.69) is 4.90 Å². The van der Waals surface area contributed by atoms with Crippen LogP contribution in [0.3, 0.4) is 0 Å². The molecule has 6 rings (SSSR count). The third kappa shape index (κ3) is 5.08. The number of amides is 3. The fourth-order valence-electron chi connectivity index (χ4n) is 6.07. The van der Waals surface area contributed by atoms with E-state index in [4.69, 9.17) is 0 Å². The zero-order valence-corrected chi connectivity index (χ0v) is 22.2. The van der Waals surface area contributed by atoms with E-state index in [9.17, 15) is 32.8 Å². The molecule has 2 heterocycles. The summed E-state index contributed by atoms with van der Waals surface area (Å²) >= 11 is 0. The highest BCUT2D eigenvalue weighted by Gasteiger charge is 2.47. The van der Waals surface area contributed by atoms with Crippen molar-refractivity contribution in [3.05, 3.63) is 76.5 Å². The van der Waals surface area contributed by atoms with Gasteiger partial charge in [-0.1, -0.05) is 18.2 Å². The van der Waals surface area contributed by atoms with E-state index in [1.165, 1.54) is 29.9 Å². The number of Topliss-reactive ketones (excluding diaryl/α,β-unsaturated/α-hetero) is 1. The van der Waals surface area contributed by atoms with Crippen molar-refractivity contribution >= 4 is 23.4 Å². The lowest BCUT2D eigenvalue weighted by Gasteiger charge is -2.43. The monoisotopic (exact) mass is 563 g/mol. The van der Waals surface area contributed by atoms with Gasteiger partial charge in [-0.05, 0) is 55.2 Å². The molecule has 11 heteroatoms. The molecule has 212 valence electrons. The van der Waals surface area contributed by atoms with Gasteiger partial charge in [-0.15, -0.1) is 0 Å². The molecule has 2 aliphatic heterocycles. The summed E-state index contributed by atoms with van der Waals surface area (Å²) in [6.45, 7) is 2.18. The first-order valence-corrected chi connectivity index (χ1v) is 13.7. The van der Waals surface area contributed by atoms with E-state index < -0.39 is 23.8 Å². The molecule has 0 bridgehead atoms. The molecule has 0 radical (unpaired) electrons. The summed E-state index contributed by atoms with van der Waals surface area (Å²) < 4.78 is 40.8. The Bertz CT molecular complexity index is 1470. The molecule has 1 atom stereocenters. The number of allylic oxidation sites excluding steroid dienone is 1. The van der Waals surface area contributed by atoms with Crippen LogP contribution in [-0.2, 0) is 15.8 Å². The average molecular weight is 564 g/mol. The molecular weight excluding hydrogens is 535 g/mol. The van der Waals surface area contributed by atoms with Crippen LogP contribution in [0.2, 0.25) is 0 Å². The number of rotatable bonds is 5. The normalized spacial score (nSPS) is 21.8. The number of alkyl halides is 3. The van der Waals surface area contributed by atoms with Gasteiger partial charge >= 0.3 is 12.2 Å². The van der Waals surface area contributed by atoms with Gasteiger partial charge < -0.3 is 9.80 Å². The molecule has 2 aliphatic carbocycles. The number of nitrogens with zero attached hydrogens (tertiary/aromatic N) is 5. The van der Waals surface area contributed by atoms with Crippen LogP contribution >= 0.6 is 0 Å².